The fourth-order valence-electron chi connectivity index (χ4n) is 3.14. The first kappa shape index (κ1) is 11.4. The largest absolute Gasteiger partial charge is 0.315 e. The number of rotatable bonds is 3. The monoisotopic (exact) mass is 210 g/mol. The van der Waals surface area contributed by atoms with E-state index in [1.165, 1.54) is 58.0 Å². The number of hydrogen-bond acceptors (Lipinski definition) is 2. The first-order valence-electron chi connectivity index (χ1n) is 6.83. The molecule has 2 nitrogen and oxygen atoms in total. The van der Waals surface area contributed by atoms with Crippen molar-refractivity contribution in [1.29, 1.82) is 0 Å². The third-order valence-corrected chi connectivity index (χ3v) is 4.15. The Morgan fingerprint density at radius 1 is 1.07 bits per heavy atom. The van der Waals surface area contributed by atoms with Crippen molar-refractivity contribution in [2.75, 3.05) is 13.1 Å². The standard InChI is InChI=1S/C13H26N2/c1-11(12-6-3-2-4-7-12)15-13-8-5-9-14-10-13/h11-15H,2-10H2,1H3/t11-,13?/m0/s1. The minimum Gasteiger partial charge on any atom is -0.315 e. The van der Waals surface area contributed by atoms with Gasteiger partial charge in [0.15, 0.2) is 0 Å². The van der Waals surface area contributed by atoms with Crippen LogP contribution in [0.25, 0.3) is 0 Å². The molecule has 0 aromatic carbocycles. The van der Waals surface area contributed by atoms with Gasteiger partial charge in [0.25, 0.3) is 0 Å². The smallest absolute Gasteiger partial charge is 0.0195 e. The van der Waals surface area contributed by atoms with Gasteiger partial charge in [-0.25, -0.2) is 0 Å². The van der Waals surface area contributed by atoms with E-state index in [-0.39, 0.29) is 0 Å². The predicted octanol–water partition coefficient (Wildman–Crippen LogP) is 2.30. The molecule has 1 aliphatic heterocycles. The molecule has 1 saturated carbocycles. The number of nitrogens with one attached hydrogen (secondary N) is 2. The number of piperidine rings is 1. The summed E-state index contributed by atoms with van der Waals surface area (Å²) in [6, 6.07) is 1.46. The summed E-state index contributed by atoms with van der Waals surface area (Å²) in [4.78, 5) is 0. The van der Waals surface area contributed by atoms with Gasteiger partial charge in [-0.3, -0.25) is 0 Å². The van der Waals surface area contributed by atoms with Crippen molar-refractivity contribution in [3.05, 3.63) is 0 Å². The van der Waals surface area contributed by atoms with Gasteiger partial charge in [0, 0.05) is 18.6 Å². The Bertz CT molecular complexity index is 169. The Labute approximate surface area is 94.2 Å². The van der Waals surface area contributed by atoms with Crippen LogP contribution in [0.4, 0.5) is 0 Å². The minimum absolute atomic E-state index is 0.732. The summed E-state index contributed by atoms with van der Waals surface area (Å²) < 4.78 is 0. The highest BCUT2D eigenvalue weighted by atomic mass is 15.0. The van der Waals surface area contributed by atoms with Crippen LogP contribution in [0.5, 0.6) is 0 Å². The first-order valence-corrected chi connectivity index (χ1v) is 6.83. The second-order valence-electron chi connectivity index (χ2n) is 5.40. The molecule has 1 saturated heterocycles. The lowest BCUT2D eigenvalue weighted by molar-refractivity contribution is 0.248. The maximum Gasteiger partial charge on any atom is 0.0195 e. The molecule has 2 fully saturated rings. The Morgan fingerprint density at radius 3 is 2.53 bits per heavy atom. The molecule has 2 heteroatoms. The van der Waals surface area contributed by atoms with E-state index in [1.54, 1.807) is 0 Å². The molecule has 1 aliphatic carbocycles. The SMILES string of the molecule is C[C@H](NC1CCCNC1)C1CCCCC1. The molecule has 88 valence electrons. The molecule has 0 radical (unpaired) electrons. The highest BCUT2D eigenvalue weighted by Crippen LogP contribution is 2.26. The summed E-state index contributed by atoms with van der Waals surface area (Å²) >= 11 is 0. The molecule has 1 heterocycles. The Hall–Kier alpha value is -0.0800. The summed E-state index contributed by atoms with van der Waals surface area (Å²) in [5.41, 5.74) is 0. The van der Waals surface area contributed by atoms with Crippen molar-refractivity contribution in [3.8, 4) is 0 Å². The zero-order valence-corrected chi connectivity index (χ0v) is 10.1. The quantitative estimate of drug-likeness (QED) is 0.747. The van der Waals surface area contributed by atoms with E-state index in [2.05, 4.69) is 17.6 Å². The van der Waals surface area contributed by atoms with Crippen molar-refractivity contribution in [1.82, 2.24) is 10.6 Å². The summed E-state index contributed by atoms with van der Waals surface area (Å²) in [6.45, 7) is 4.79. The van der Waals surface area contributed by atoms with Gasteiger partial charge in [-0.2, -0.15) is 0 Å². The second kappa shape index (κ2) is 5.86. The van der Waals surface area contributed by atoms with Gasteiger partial charge in [0.05, 0.1) is 0 Å². The van der Waals surface area contributed by atoms with Crippen LogP contribution in [-0.2, 0) is 0 Å². The molecular weight excluding hydrogens is 184 g/mol. The second-order valence-corrected chi connectivity index (χ2v) is 5.40. The van der Waals surface area contributed by atoms with Crippen molar-refractivity contribution in [2.45, 2.75) is 64.0 Å². The van der Waals surface area contributed by atoms with Gasteiger partial charge >= 0.3 is 0 Å². The Balaban J connectivity index is 1.72. The molecule has 2 rings (SSSR count). The van der Waals surface area contributed by atoms with Crippen LogP contribution in [0.3, 0.4) is 0 Å². The van der Waals surface area contributed by atoms with Crippen LogP contribution in [0, 0.1) is 5.92 Å². The van der Waals surface area contributed by atoms with E-state index in [1.807, 2.05) is 0 Å². The maximum absolute atomic E-state index is 3.83. The van der Waals surface area contributed by atoms with E-state index in [4.69, 9.17) is 0 Å². The lowest BCUT2D eigenvalue weighted by atomic mass is 9.84. The first-order chi connectivity index (χ1) is 7.36. The van der Waals surface area contributed by atoms with Crippen molar-refractivity contribution in [2.24, 2.45) is 5.92 Å². The van der Waals surface area contributed by atoms with Crippen molar-refractivity contribution in [3.63, 3.8) is 0 Å². The van der Waals surface area contributed by atoms with Crippen molar-refractivity contribution < 1.29 is 0 Å². The highest BCUT2D eigenvalue weighted by molar-refractivity contribution is 4.82. The van der Waals surface area contributed by atoms with E-state index in [0.717, 1.165) is 18.0 Å². The van der Waals surface area contributed by atoms with Crippen LogP contribution in [0.1, 0.15) is 51.9 Å². The van der Waals surface area contributed by atoms with Crippen LogP contribution in [0.15, 0.2) is 0 Å². The van der Waals surface area contributed by atoms with Crippen LogP contribution in [-0.4, -0.2) is 25.2 Å². The lowest BCUT2D eigenvalue weighted by Gasteiger charge is -2.33. The lowest BCUT2D eigenvalue weighted by Crippen LogP contribution is -2.48. The zero-order valence-electron chi connectivity index (χ0n) is 10.1. The summed E-state index contributed by atoms with van der Waals surface area (Å²) in [6.07, 6.45) is 10.00. The molecule has 2 aliphatic rings. The van der Waals surface area contributed by atoms with Gasteiger partial charge in [0.2, 0.25) is 0 Å². The molecule has 0 bridgehead atoms. The molecular formula is C13H26N2. The minimum atomic E-state index is 0.732. The highest BCUT2D eigenvalue weighted by Gasteiger charge is 2.22. The summed E-state index contributed by atoms with van der Waals surface area (Å²) in [7, 11) is 0. The third-order valence-electron chi connectivity index (χ3n) is 4.15. The molecule has 0 aromatic heterocycles. The van der Waals surface area contributed by atoms with Gasteiger partial charge in [-0.1, -0.05) is 19.3 Å². The van der Waals surface area contributed by atoms with E-state index in [9.17, 15) is 0 Å². The summed E-state index contributed by atoms with van der Waals surface area (Å²) in [5, 5.41) is 7.31. The van der Waals surface area contributed by atoms with Gasteiger partial charge in [-0.05, 0) is 45.1 Å². The van der Waals surface area contributed by atoms with E-state index < -0.39 is 0 Å². The molecule has 1 unspecified atom stereocenters. The van der Waals surface area contributed by atoms with Crippen LogP contribution >= 0.6 is 0 Å². The average molecular weight is 210 g/mol. The maximum atomic E-state index is 3.83. The third kappa shape index (κ3) is 3.46. The molecule has 2 atom stereocenters. The molecule has 2 N–H and O–H groups in total. The molecule has 0 spiro atoms. The molecule has 0 aromatic rings. The van der Waals surface area contributed by atoms with Gasteiger partial charge in [-0.15, -0.1) is 0 Å². The molecule has 15 heavy (non-hydrogen) atoms. The molecule has 0 amide bonds. The zero-order chi connectivity index (χ0) is 10.5. The van der Waals surface area contributed by atoms with Crippen molar-refractivity contribution >= 4 is 0 Å². The van der Waals surface area contributed by atoms with Gasteiger partial charge in [0.1, 0.15) is 0 Å². The fraction of sp³-hybridized carbons (Fsp3) is 1.00. The average Bonchev–Trinajstić information content (AvgIpc) is 2.31. The van der Waals surface area contributed by atoms with E-state index >= 15 is 0 Å². The fourth-order valence-corrected chi connectivity index (χ4v) is 3.14. The topological polar surface area (TPSA) is 24.1 Å². The van der Waals surface area contributed by atoms with Gasteiger partial charge < -0.3 is 10.6 Å². The van der Waals surface area contributed by atoms with E-state index in [0.29, 0.717) is 0 Å². The Kier molecular flexibility index (Phi) is 4.45. The predicted molar refractivity (Wildman–Crippen MR) is 65.1 cm³/mol. The Morgan fingerprint density at radius 2 is 1.87 bits per heavy atom. The number of hydrogen-bond donors (Lipinski definition) is 2. The van der Waals surface area contributed by atoms with Crippen LogP contribution in [0.2, 0.25) is 0 Å². The summed E-state index contributed by atoms with van der Waals surface area (Å²) in [5.74, 6) is 0.945. The van der Waals surface area contributed by atoms with Crippen LogP contribution < -0.4 is 10.6 Å². The normalized spacial score (nSPS) is 31.4.